The predicted molar refractivity (Wildman–Crippen MR) is 133 cm³/mol. The number of esters is 1. The van der Waals surface area contributed by atoms with Gasteiger partial charge < -0.3 is 9.30 Å². The summed E-state index contributed by atoms with van der Waals surface area (Å²) >= 11 is 1.53. The summed E-state index contributed by atoms with van der Waals surface area (Å²) < 4.78 is 8.45. The number of aryl methyl sites for hydroxylation is 2. The molecule has 5 rings (SSSR count). The number of thiophene rings is 1. The Bertz CT molecular complexity index is 1380. The molecular formula is C27H27N3O2S. The molecule has 2 aromatic carbocycles. The molecule has 0 saturated carbocycles. The highest BCUT2D eigenvalue weighted by atomic mass is 32.1. The van der Waals surface area contributed by atoms with Crippen molar-refractivity contribution in [3.8, 4) is 6.07 Å². The molecule has 1 unspecified atom stereocenters. The van der Waals surface area contributed by atoms with Crippen LogP contribution in [0.25, 0.3) is 21.0 Å². The second-order valence-electron chi connectivity index (χ2n) is 8.78. The average molecular weight is 458 g/mol. The van der Waals surface area contributed by atoms with E-state index in [1.54, 1.807) is 0 Å². The highest BCUT2D eigenvalue weighted by Gasteiger charge is 2.28. The van der Waals surface area contributed by atoms with Gasteiger partial charge in [-0.2, -0.15) is 5.26 Å². The Morgan fingerprint density at radius 1 is 1.24 bits per heavy atom. The summed E-state index contributed by atoms with van der Waals surface area (Å²) in [6, 6.07) is 19.1. The van der Waals surface area contributed by atoms with E-state index in [1.165, 1.54) is 42.4 Å². The first-order valence-corrected chi connectivity index (χ1v) is 12.2. The van der Waals surface area contributed by atoms with E-state index in [0.29, 0.717) is 11.6 Å². The summed E-state index contributed by atoms with van der Waals surface area (Å²) in [6.07, 6.45) is 4.42. The van der Waals surface area contributed by atoms with E-state index in [2.05, 4.69) is 40.8 Å². The van der Waals surface area contributed by atoms with Gasteiger partial charge in [-0.3, -0.25) is 4.90 Å². The fourth-order valence-electron chi connectivity index (χ4n) is 5.16. The van der Waals surface area contributed by atoms with Crippen LogP contribution in [0.4, 0.5) is 0 Å². The first kappa shape index (κ1) is 21.7. The molecule has 0 radical (unpaired) electrons. The normalized spacial score (nSPS) is 16.5. The van der Waals surface area contributed by atoms with Gasteiger partial charge in [0.05, 0.1) is 18.7 Å². The van der Waals surface area contributed by atoms with Crippen LogP contribution in [0.15, 0.2) is 48.5 Å². The van der Waals surface area contributed by atoms with Crippen molar-refractivity contribution in [2.24, 2.45) is 7.05 Å². The lowest BCUT2D eigenvalue weighted by atomic mass is 10.1. The summed E-state index contributed by atoms with van der Waals surface area (Å²) in [5.41, 5.74) is 4.20. The topological polar surface area (TPSA) is 58.3 Å². The zero-order valence-corrected chi connectivity index (χ0v) is 19.8. The van der Waals surface area contributed by atoms with Crippen molar-refractivity contribution >= 4 is 38.3 Å². The number of hydrogen-bond donors (Lipinski definition) is 0. The lowest BCUT2D eigenvalue weighted by Crippen LogP contribution is -2.30. The number of carbonyl (C=O) groups is 1. The van der Waals surface area contributed by atoms with Crippen molar-refractivity contribution in [1.29, 1.82) is 5.26 Å². The van der Waals surface area contributed by atoms with Crippen LogP contribution in [0.3, 0.4) is 0 Å². The molecule has 1 fully saturated rings. The van der Waals surface area contributed by atoms with Gasteiger partial charge in [0.25, 0.3) is 0 Å². The summed E-state index contributed by atoms with van der Waals surface area (Å²) in [4.78, 5) is 15.8. The molecule has 4 aromatic rings. The highest BCUT2D eigenvalue weighted by molar-refractivity contribution is 7.21. The Morgan fingerprint density at radius 2 is 2.09 bits per heavy atom. The quantitative estimate of drug-likeness (QED) is 0.351. The monoisotopic (exact) mass is 457 g/mol. The smallest absolute Gasteiger partial charge is 0.348 e. The van der Waals surface area contributed by atoms with E-state index in [4.69, 9.17) is 4.74 Å². The number of rotatable bonds is 6. The third-order valence-corrected chi connectivity index (χ3v) is 8.13. The van der Waals surface area contributed by atoms with Gasteiger partial charge in [-0.05, 0) is 72.8 Å². The molecule has 0 aliphatic carbocycles. The molecule has 0 N–H and O–H groups in total. The van der Waals surface area contributed by atoms with Crippen LogP contribution in [0.5, 0.6) is 0 Å². The molecule has 0 bridgehead atoms. The Morgan fingerprint density at radius 3 is 2.91 bits per heavy atom. The molecule has 0 spiro atoms. The summed E-state index contributed by atoms with van der Waals surface area (Å²) in [6.45, 7) is 1.83. The number of likely N-dealkylation sites (tertiary alicyclic amines) is 1. The third-order valence-electron chi connectivity index (χ3n) is 6.94. The minimum atomic E-state index is -0.241. The van der Waals surface area contributed by atoms with Crippen LogP contribution in [0.1, 0.15) is 45.8 Å². The van der Waals surface area contributed by atoms with Crippen LogP contribution in [-0.2, 0) is 24.8 Å². The number of ether oxygens (including phenoxy) is 1. The van der Waals surface area contributed by atoms with Gasteiger partial charge in [-0.1, -0.05) is 24.3 Å². The van der Waals surface area contributed by atoms with Crippen molar-refractivity contribution < 1.29 is 9.53 Å². The predicted octanol–water partition coefficient (Wildman–Crippen LogP) is 5.65. The molecule has 5 nitrogen and oxygen atoms in total. The van der Waals surface area contributed by atoms with E-state index < -0.39 is 0 Å². The van der Waals surface area contributed by atoms with Gasteiger partial charge in [0.2, 0.25) is 0 Å². The van der Waals surface area contributed by atoms with Crippen molar-refractivity contribution in [2.75, 3.05) is 13.7 Å². The lowest BCUT2D eigenvalue weighted by Gasteiger charge is -2.25. The SMILES string of the molecule is COC(=O)c1sc2ccccc2c1CN1CCCC1CCc1cc2ccc(C#N)cc2n1C. The van der Waals surface area contributed by atoms with Crippen LogP contribution in [-0.4, -0.2) is 35.1 Å². The maximum absolute atomic E-state index is 12.5. The lowest BCUT2D eigenvalue weighted by molar-refractivity contribution is 0.0604. The fourth-order valence-corrected chi connectivity index (χ4v) is 6.29. The number of nitrogens with zero attached hydrogens (tertiary/aromatic N) is 3. The van der Waals surface area contributed by atoms with Crippen molar-refractivity contribution in [3.05, 3.63) is 70.2 Å². The van der Waals surface area contributed by atoms with Gasteiger partial charge in [0.15, 0.2) is 0 Å². The molecular weight excluding hydrogens is 430 g/mol. The zero-order valence-electron chi connectivity index (χ0n) is 19.0. The second-order valence-corrected chi connectivity index (χ2v) is 9.83. The number of hydrogen-bond acceptors (Lipinski definition) is 5. The number of benzene rings is 2. The second kappa shape index (κ2) is 9.01. The zero-order chi connectivity index (χ0) is 22.9. The molecule has 1 aliphatic rings. The maximum atomic E-state index is 12.5. The first-order valence-electron chi connectivity index (χ1n) is 11.4. The van der Waals surface area contributed by atoms with Crippen molar-refractivity contribution in [3.63, 3.8) is 0 Å². The van der Waals surface area contributed by atoms with Crippen LogP contribution >= 0.6 is 11.3 Å². The molecule has 33 heavy (non-hydrogen) atoms. The third kappa shape index (κ3) is 4.03. The van der Waals surface area contributed by atoms with Gasteiger partial charge in [-0.15, -0.1) is 11.3 Å². The Balaban J connectivity index is 1.36. The van der Waals surface area contributed by atoms with Crippen molar-refractivity contribution in [2.45, 2.75) is 38.3 Å². The minimum absolute atomic E-state index is 0.241. The maximum Gasteiger partial charge on any atom is 0.348 e. The standard InChI is InChI=1S/C27H27N3O2S/c1-29-21(15-19-10-9-18(16-28)14-24(19)29)12-11-20-6-5-13-30(20)17-23-22-7-3-4-8-25(22)33-26(23)27(31)32-2/h3-4,7-10,14-15,20H,5-6,11-13,17H2,1-2H3. The number of carbonyl (C=O) groups excluding carboxylic acids is 1. The Labute approximate surface area is 197 Å². The number of methoxy groups -OCH3 is 1. The molecule has 168 valence electrons. The van der Waals surface area contributed by atoms with Gasteiger partial charge in [0, 0.05) is 35.5 Å². The fraction of sp³-hybridized carbons (Fsp3) is 0.333. The molecule has 2 aromatic heterocycles. The molecule has 0 amide bonds. The van der Waals surface area contributed by atoms with E-state index in [9.17, 15) is 10.1 Å². The molecule has 1 atom stereocenters. The average Bonchev–Trinajstić information content (AvgIpc) is 3.53. The highest BCUT2D eigenvalue weighted by Crippen LogP contribution is 2.35. The molecule has 3 heterocycles. The van der Waals surface area contributed by atoms with Crippen LogP contribution in [0.2, 0.25) is 0 Å². The van der Waals surface area contributed by atoms with Gasteiger partial charge in [-0.25, -0.2) is 4.79 Å². The minimum Gasteiger partial charge on any atom is -0.465 e. The first-order chi connectivity index (χ1) is 16.1. The van der Waals surface area contributed by atoms with Gasteiger partial charge in [0.1, 0.15) is 4.88 Å². The Hall–Kier alpha value is -3.14. The van der Waals surface area contributed by atoms with Crippen molar-refractivity contribution in [1.82, 2.24) is 9.47 Å². The van der Waals surface area contributed by atoms with E-state index in [-0.39, 0.29) is 5.97 Å². The summed E-state index contributed by atoms with van der Waals surface area (Å²) in [5, 5.41) is 11.6. The molecule has 1 aliphatic heterocycles. The summed E-state index contributed by atoms with van der Waals surface area (Å²) in [5.74, 6) is -0.241. The van der Waals surface area contributed by atoms with E-state index >= 15 is 0 Å². The van der Waals surface area contributed by atoms with E-state index in [0.717, 1.165) is 52.0 Å². The molecule has 1 saturated heterocycles. The number of aromatic nitrogens is 1. The number of nitriles is 1. The number of fused-ring (bicyclic) bond motifs is 2. The van der Waals surface area contributed by atoms with Crippen LogP contribution < -0.4 is 0 Å². The molecule has 6 heteroatoms. The van der Waals surface area contributed by atoms with Crippen LogP contribution in [0, 0.1) is 11.3 Å². The van der Waals surface area contributed by atoms with Gasteiger partial charge >= 0.3 is 5.97 Å². The van der Waals surface area contributed by atoms with E-state index in [1.807, 2.05) is 30.3 Å². The summed E-state index contributed by atoms with van der Waals surface area (Å²) in [7, 11) is 3.55. The largest absolute Gasteiger partial charge is 0.465 e. The Kier molecular flexibility index (Phi) is 5.92.